The molecule has 0 heterocycles. The predicted octanol–water partition coefficient (Wildman–Crippen LogP) is 6.81. The lowest BCUT2D eigenvalue weighted by molar-refractivity contribution is 0.252. The first-order valence-corrected chi connectivity index (χ1v) is 11.0. The molecule has 0 saturated carbocycles. The van der Waals surface area contributed by atoms with Crippen molar-refractivity contribution in [3.05, 3.63) is 85.8 Å². The van der Waals surface area contributed by atoms with Gasteiger partial charge in [0.05, 0.1) is 13.3 Å². The predicted molar refractivity (Wildman–Crippen MR) is 132 cm³/mol. The molecule has 32 heavy (non-hydrogen) atoms. The number of carbonyl (C=O) groups is 1. The Morgan fingerprint density at radius 3 is 2.62 bits per heavy atom. The number of urea groups is 1. The average Bonchev–Trinajstić information content (AvgIpc) is 2.76. The van der Waals surface area contributed by atoms with Crippen molar-refractivity contribution in [3.8, 4) is 11.5 Å². The van der Waals surface area contributed by atoms with Crippen molar-refractivity contribution < 1.29 is 14.3 Å². The second kappa shape index (κ2) is 11.2. The van der Waals surface area contributed by atoms with Gasteiger partial charge < -0.3 is 14.8 Å². The van der Waals surface area contributed by atoms with Crippen molar-refractivity contribution in [1.29, 1.82) is 0 Å². The van der Waals surface area contributed by atoms with Crippen LogP contribution < -0.4 is 20.2 Å². The molecule has 0 unspecified atom stereocenters. The van der Waals surface area contributed by atoms with Crippen LogP contribution in [-0.2, 0) is 6.61 Å². The summed E-state index contributed by atoms with van der Waals surface area (Å²) in [5.41, 5.74) is 5.60. The quantitative estimate of drug-likeness (QED) is 0.257. The lowest BCUT2D eigenvalue weighted by Gasteiger charge is -2.13. The van der Waals surface area contributed by atoms with E-state index in [1.807, 2.05) is 31.2 Å². The number of hydrazone groups is 1. The average molecular weight is 537 g/mol. The summed E-state index contributed by atoms with van der Waals surface area (Å²) >= 11 is 15.6. The van der Waals surface area contributed by atoms with E-state index in [-0.39, 0.29) is 6.61 Å². The molecule has 6 nitrogen and oxygen atoms in total. The first kappa shape index (κ1) is 23.9. The minimum atomic E-state index is -0.446. The summed E-state index contributed by atoms with van der Waals surface area (Å²) < 4.78 is 12.0. The molecule has 3 aromatic carbocycles. The Morgan fingerprint density at radius 1 is 1.12 bits per heavy atom. The summed E-state index contributed by atoms with van der Waals surface area (Å²) in [7, 11) is 1.54. The zero-order chi connectivity index (χ0) is 23.1. The minimum absolute atomic E-state index is 0.243. The van der Waals surface area contributed by atoms with Crippen LogP contribution in [0, 0.1) is 6.92 Å². The van der Waals surface area contributed by atoms with Crippen molar-refractivity contribution >= 4 is 57.1 Å². The van der Waals surface area contributed by atoms with Gasteiger partial charge in [-0.2, -0.15) is 5.10 Å². The lowest BCUT2D eigenvalue weighted by Crippen LogP contribution is -2.24. The maximum absolute atomic E-state index is 12.1. The number of ether oxygens (including phenoxy) is 2. The number of rotatable bonds is 7. The zero-order valence-corrected chi connectivity index (χ0v) is 20.4. The van der Waals surface area contributed by atoms with Crippen LogP contribution in [0.2, 0.25) is 10.0 Å². The Balaban J connectivity index is 1.66. The van der Waals surface area contributed by atoms with Crippen molar-refractivity contribution in [3.63, 3.8) is 0 Å². The summed E-state index contributed by atoms with van der Waals surface area (Å²) in [6, 6.07) is 15.8. The third kappa shape index (κ3) is 6.38. The monoisotopic (exact) mass is 535 g/mol. The third-order valence-electron chi connectivity index (χ3n) is 4.44. The number of nitrogens with zero attached hydrogens (tertiary/aromatic N) is 1. The molecule has 0 atom stereocenters. The van der Waals surface area contributed by atoms with E-state index in [2.05, 4.69) is 31.8 Å². The van der Waals surface area contributed by atoms with Crippen LogP contribution in [0.1, 0.15) is 16.7 Å². The third-order valence-corrected chi connectivity index (χ3v) is 5.72. The van der Waals surface area contributed by atoms with Crippen LogP contribution in [0.3, 0.4) is 0 Å². The van der Waals surface area contributed by atoms with E-state index < -0.39 is 6.03 Å². The standard InChI is InChI=1S/C23H20BrCl2N3O3/c1-14-5-3-4-6-20(14)28-23(30)29-27-12-16-9-21(31-2)22(11-18(16)24)32-13-15-7-8-17(25)10-19(15)26/h3-12H,13H2,1-2H3,(H2,28,29,30). The van der Waals surface area contributed by atoms with Gasteiger partial charge in [0.15, 0.2) is 11.5 Å². The number of amides is 2. The molecule has 0 bridgehead atoms. The first-order valence-electron chi connectivity index (χ1n) is 9.47. The summed E-state index contributed by atoms with van der Waals surface area (Å²) in [6.07, 6.45) is 1.50. The van der Waals surface area contributed by atoms with Crippen LogP contribution in [0.25, 0.3) is 0 Å². The van der Waals surface area contributed by atoms with E-state index in [0.717, 1.165) is 11.1 Å². The lowest BCUT2D eigenvalue weighted by atomic mass is 10.2. The van der Waals surface area contributed by atoms with Crippen molar-refractivity contribution in [2.45, 2.75) is 13.5 Å². The van der Waals surface area contributed by atoms with Gasteiger partial charge in [0.2, 0.25) is 0 Å². The highest BCUT2D eigenvalue weighted by Gasteiger charge is 2.11. The van der Waals surface area contributed by atoms with Gasteiger partial charge in [-0.3, -0.25) is 0 Å². The van der Waals surface area contributed by atoms with E-state index >= 15 is 0 Å². The Hall–Kier alpha value is -2.74. The molecular formula is C23H20BrCl2N3O3. The molecule has 0 aromatic heterocycles. The number of methoxy groups -OCH3 is 1. The van der Waals surface area contributed by atoms with Crippen LogP contribution >= 0.6 is 39.1 Å². The van der Waals surface area contributed by atoms with Gasteiger partial charge in [0.25, 0.3) is 0 Å². The van der Waals surface area contributed by atoms with E-state index in [1.54, 1.807) is 37.4 Å². The SMILES string of the molecule is COc1cc(C=NNC(=O)Nc2ccccc2C)c(Br)cc1OCc1ccc(Cl)cc1Cl. The Kier molecular flexibility index (Phi) is 8.39. The highest BCUT2D eigenvalue weighted by atomic mass is 79.9. The number of anilines is 1. The number of hydrogen-bond donors (Lipinski definition) is 2. The van der Waals surface area contributed by atoms with Crippen LogP contribution in [0.4, 0.5) is 10.5 Å². The summed E-state index contributed by atoms with van der Waals surface area (Å²) in [5, 5.41) is 7.83. The fourth-order valence-electron chi connectivity index (χ4n) is 2.74. The van der Waals surface area contributed by atoms with Gasteiger partial charge in [-0.15, -0.1) is 0 Å². The molecule has 0 aliphatic carbocycles. The van der Waals surface area contributed by atoms with Crippen molar-refractivity contribution in [2.75, 3.05) is 12.4 Å². The number of para-hydroxylation sites is 1. The van der Waals surface area contributed by atoms with E-state index in [9.17, 15) is 4.79 Å². The summed E-state index contributed by atoms with van der Waals surface area (Å²) in [5.74, 6) is 1.02. The molecule has 9 heteroatoms. The largest absolute Gasteiger partial charge is 0.493 e. The Morgan fingerprint density at radius 2 is 1.91 bits per heavy atom. The van der Waals surface area contributed by atoms with Crippen LogP contribution in [-0.4, -0.2) is 19.4 Å². The Labute approximate surface area is 204 Å². The van der Waals surface area contributed by atoms with Gasteiger partial charge in [0.1, 0.15) is 6.61 Å². The van der Waals surface area contributed by atoms with Gasteiger partial charge in [-0.05, 0) is 58.7 Å². The number of carbonyl (C=O) groups excluding carboxylic acids is 1. The van der Waals surface area contributed by atoms with E-state index in [4.69, 9.17) is 32.7 Å². The fourth-order valence-corrected chi connectivity index (χ4v) is 3.63. The molecule has 0 aliphatic heterocycles. The van der Waals surface area contributed by atoms with Gasteiger partial charge in [0, 0.05) is 31.3 Å². The molecule has 0 saturated heterocycles. The second-order valence-corrected chi connectivity index (χ2v) is 8.39. The van der Waals surface area contributed by atoms with Crippen LogP contribution in [0.15, 0.2) is 64.2 Å². The maximum Gasteiger partial charge on any atom is 0.339 e. The van der Waals surface area contributed by atoms with Crippen molar-refractivity contribution in [1.82, 2.24) is 5.43 Å². The van der Waals surface area contributed by atoms with Crippen LogP contribution in [0.5, 0.6) is 11.5 Å². The second-order valence-electron chi connectivity index (χ2n) is 6.69. The summed E-state index contributed by atoms with van der Waals surface area (Å²) in [4.78, 5) is 12.1. The smallest absolute Gasteiger partial charge is 0.339 e. The Bertz CT molecular complexity index is 1160. The molecule has 0 spiro atoms. The number of aryl methyl sites for hydroxylation is 1. The number of hydrogen-bond acceptors (Lipinski definition) is 4. The van der Waals surface area contributed by atoms with E-state index in [0.29, 0.717) is 37.3 Å². The summed E-state index contributed by atoms with van der Waals surface area (Å²) in [6.45, 7) is 2.15. The highest BCUT2D eigenvalue weighted by molar-refractivity contribution is 9.10. The molecule has 2 amide bonds. The normalized spacial score (nSPS) is 10.8. The molecule has 3 aromatic rings. The van der Waals surface area contributed by atoms with Gasteiger partial charge in [-0.1, -0.05) is 47.5 Å². The number of halogens is 3. The van der Waals surface area contributed by atoms with Gasteiger partial charge >= 0.3 is 6.03 Å². The topological polar surface area (TPSA) is 72.0 Å². The van der Waals surface area contributed by atoms with Crippen molar-refractivity contribution in [2.24, 2.45) is 5.10 Å². The minimum Gasteiger partial charge on any atom is -0.493 e. The molecular weight excluding hydrogens is 517 g/mol. The fraction of sp³-hybridized carbons (Fsp3) is 0.130. The molecule has 3 rings (SSSR count). The molecule has 0 aliphatic rings. The molecule has 166 valence electrons. The molecule has 2 N–H and O–H groups in total. The number of benzene rings is 3. The maximum atomic E-state index is 12.1. The van der Waals surface area contributed by atoms with Gasteiger partial charge in [-0.25, -0.2) is 10.2 Å². The highest BCUT2D eigenvalue weighted by Crippen LogP contribution is 2.34. The van der Waals surface area contributed by atoms with E-state index in [1.165, 1.54) is 6.21 Å². The first-order chi connectivity index (χ1) is 15.4. The molecule has 0 radical (unpaired) electrons. The zero-order valence-electron chi connectivity index (χ0n) is 17.3. The molecule has 0 fully saturated rings. The number of nitrogens with one attached hydrogen (secondary N) is 2.